The van der Waals surface area contributed by atoms with E-state index in [9.17, 15) is 4.79 Å². The molecule has 3 rings (SSSR count). The van der Waals surface area contributed by atoms with Gasteiger partial charge in [-0.3, -0.25) is 9.78 Å². The average molecular weight is 312 g/mol. The number of hydrogen-bond acceptors (Lipinski definition) is 3. The number of imidazole rings is 1. The fourth-order valence-corrected chi connectivity index (χ4v) is 2.95. The van der Waals surface area contributed by atoms with Gasteiger partial charge in [-0.15, -0.1) is 0 Å². The smallest absolute Gasteiger partial charge is 0.226 e. The molecule has 2 aromatic rings. The predicted octanol–water partition coefficient (Wildman–Crippen LogP) is 2.74. The van der Waals surface area contributed by atoms with E-state index in [2.05, 4.69) is 23.8 Å². The van der Waals surface area contributed by atoms with Crippen LogP contribution >= 0.6 is 0 Å². The van der Waals surface area contributed by atoms with Gasteiger partial charge < -0.3 is 9.47 Å². The molecule has 0 unspecified atom stereocenters. The fourth-order valence-electron chi connectivity index (χ4n) is 2.95. The monoisotopic (exact) mass is 312 g/mol. The number of aromatic nitrogens is 3. The minimum atomic E-state index is 0.161. The zero-order chi connectivity index (χ0) is 16.3. The molecule has 1 atom stereocenters. The molecular weight excluding hydrogens is 288 g/mol. The molecule has 122 valence electrons. The van der Waals surface area contributed by atoms with E-state index in [1.165, 1.54) is 0 Å². The second-order valence-corrected chi connectivity index (χ2v) is 7.02. The quantitative estimate of drug-likeness (QED) is 0.790. The van der Waals surface area contributed by atoms with Gasteiger partial charge >= 0.3 is 0 Å². The number of carbonyl (C=O) groups is 1. The van der Waals surface area contributed by atoms with Crippen LogP contribution in [0.15, 0.2) is 43.2 Å². The summed E-state index contributed by atoms with van der Waals surface area (Å²) in [6.07, 6.45) is 11.1. The molecule has 5 nitrogen and oxygen atoms in total. The second kappa shape index (κ2) is 6.52. The summed E-state index contributed by atoms with van der Waals surface area (Å²) in [5.41, 5.74) is 1.25. The molecule has 0 spiro atoms. The van der Waals surface area contributed by atoms with Crippen molar-refractivity contribution in [1.82, 2.24) is 19.4 Å². The van der Waals surface area contributed by atoms with Crippen LogP contribution in [-0.4, -0.2) is 31.9 Å². The summed E-state index contributed by atoms with van der Waals surface area (Å²) in [5, 5.41) is 0. The Morgan fingerprint density at radius 1 is 1.39 bits per heavy atom. The lowest BCUT2D eigenvalue weighted by Crippen LogP contribution is -2.34. The first kappa shape index (κ1) is 15.7. The van der Waals surface area contributed by atoms with Gasteiger partial charge in [-0.25, -0.2) is 4.98 Å². The van der Waals surface area contributed by atoms with Gasteiger partial charge in [0, 0.05) is 50.3 Å². The van der Waals surface area contributed by atoms with Gasteiger partial charge in [-0.05, 0) is 29.9 Å². The summed E-state index contributed by atoms with van der Waals surface area (Å²) < 4.78 is 2.05. The minimum absolute atomic E-state index is 0.161. The van der Waals surface area contributed by atoms with Crippen LogP contribution in [0.3, 0.4) is 0 Å². The third-order valence-electron chi connectivity index (χ3n) is 4.62. The number of pyridine rings is 1. The van der Waals surface area contributed by atoms with Crippen LogP contribution in [0.1, 0.15) is 32.3 Å². The Morgan fingerprint density at radius 2 is 2.22 bits per heavy atom. The molecule has 2 aromatic heterocycles. The molecule has 1 aliphatic rings. The van der Waals surface area contributed by atoms with E-state index in [1.54, 1.807) is 12.4 Å². The number of hydrogen-bond donors (Lipinski definition) is 0. The highest BCUT2D eigenvalue weighted by molar-refractivity contribution is 5.82. The fraction of sp³-hybridized carbons (Fsp3) is 0.500. The zero-order valence-electron chi connectivity index (χ0n) is 13.9. The molecule has 0 aliphatic heterocycles. The van der Waals surface area contributed by atoms with E-state index in [1.807, 2.05) is 40.3 Å². The average Bonchev–Trinajstić information content (AvgIpc) is 2.95. The Labute approximate surface area is 137 Å². The van der Waals surface area contributed by atoms with Crippen LogP contribution in [0.5, 0.6) is 0 Å². The molecule has 1 fully saturated rings. The van der Waals surface area contributed by atoms with Crippen LogP contribution in [0.2, 0.25) is 0 Å². The van der Waals surface area contributed by atoms with Gasteiger partial charge in [-0.2, -0.15) is 0 Å². The van der Waals surface area contributed by atoms with Crippen molar-refractivity contribution in [2.75, 3.05) is 6.54 Å². The summed E-state index contributed by atoms with van der Waals surface area (Å²) in [5.74, 6) is 0.455. The van der Waals surface area contributed by atoms with Gasteiger partial charge in [-0.1, -0.05) is 19.9 Å². The van der Waals surface area contributed by atoms with Gasteiger partial charge in [0.15, 0.2) is 0 Å². The highest BCUT2D eigenvalue weighted by Gasteiger charge is 2.51. The van der Waals surface area contributed by atoms with Crippen molar-refractivity contribution < 1.29 is 4.79 Å². The van der Waals surface area contributed by atoms with Crippen molar-refractivity contribution in [2.45, 2.75) is 39.8 Å². The van der Waals surface area contributed by atoms with Crippen LogP contribution in [0, 0.1) is 11.3 Å². The summed E-state index contributed by atoms with van der Waals surface area (Å²) in [7, 11) is 0. The van der Waals surface area contributed by atoms with Crippen LogP contribution in [0.4, 0.5) is 0 Å². The SMILES string of the molecule is CC1(C)C[C@@H]1C(=O)N(CCCn1ccnc1)Cc1cccnc1. The maximum Gasteiger partial charge on any atom is 0.226 e. The molecule has 1 aliphatic carbocycles. The van der Waals surface area contributed by atoms with Crippen molar-refractivity contribution >= 4 is 5.91 Å². The van der Waals surface area contributed by atoms with E-state index in [-0.39, 0.29) is 17.2 Å². The van der Waals surface area contributed by atoms with Gasteiger partial charge in [0.1, 0.15) is 0 Å². The van der Waals surface area contributed by atoms with Crippen molar-refractivity contribution in [3.8, 4) is 0 Å². The highest BCUT2D eigenvalue weighted by atomic mass is 16.2. The number of aryl methyl sites for hydroxylation is 1. The molecule has 2 heterocycles. The summed E-state index contributed by atoms with van der Waals surface area (Å²) in [6, 6.07) is 3.95. The molecular formula is C18H24N4O. The molecule has 0 aromatic carbocycles. The number of amides is 1. The third kappa shape index (κ3) is 3.97. The van der Waals surface area contributed by atoms with Gasteiger partial charge in [0.2, 0.25) is 5.91 Å². The lowest BCUT2D eigenvalue weighted by Gasteiger charge is -2.24. The summed E-state index contributed by atoms with van der Waals surface area (Å²) in [4.78, 5) is 23.0. The number of rotatable bonds is 7. The van der Waals surface area contributed by atoms with Crippen LogP contribution < -0.4 is 0 Å². The first-order valence-electron chi connectivity index (χ1n) is 8.20. The summed E-state index contributed by atoms with van der Waals surface area (Å²) in [6.45, 7) is 6.62. The first-order valence-corrected chi connectivity index (χ1v) is 8.20. The predicted molar refractivity (Wildman–Crippen MR) is 88.4 cm³/mol. The van der Waals surface area contributed by atoms with Crippen molar-refractivity contribution in [2.24, 2.45) is 11.3 Å². The molecule has 1 saturated carbocycles. The first-order chi connectivity index (χ1) is 11.1. The Hall–Kier alpha value is -2.17. The topological polar surface area (TPSA) is 51.0 Å². The van der Waals surface area contributed by atoms with E-state index in [0.29, 0.717) is 6.54 Å². The van der Waals surface area contributed by atoms with E-state index in [0.717, 1.165) is 31.5 Å². The molecule has 0 N–H and O–H groups in total. The third-order valence-corrected chi connectivity index (χ3v) is 4.62. The van der Waals surface area contributed by atoms with E-state index in [4.69, 9.17) is 0 Å². The highest BCUT2D eigenvalue weighted by Crippen LogP contribution is 2.52. The lowest BCUT2D eigenvalue weighted by atomic mass is 10.1. The molecule has 1 amide bonds. The van der Waals surface area contributed by atoms with Crippen molar-refractivity contribution in [1.29, 1.82) is 0 Å². The van der Waals surface area contributed by atoms with Crippen LogP contribution in [-0.2, 0) is 17.9 Å². The number of nitrogens with zero attached hydrogens (tertiary/aromatic N) is 4. The van der Waals surface area contributed by atoms with Crippen molar-refractivity contribution in [3.05, 3.63) is 48.8 Å². The minimum Gasteiger partial charge on any atom is -0.338 e. The molecule has 0 bridgehead atoms. The van der Waals surface area contributed by atoms with E-state index < -0.39 is 0 Å². The van der Waals surface area contributed by atoms with Gasteiger partial charge in [0.05, 0.1) is 6.33 Å². The van der Waals surface area contributed by atoms with Gasteiger partial charge in [0.25, 0.3) is 0 Å². The molecule has 5 heteroatoms. The lowest BCUT2D eigenvalue weighted by molar-refractivity contribution is -0.134. The standard InChI is InChI=1S/C18H24N4O/c1-18(2)11-16(18)17(23)22(13-15-5-3-6-19-12-15)9-4-8-21-10-7-20-14-21/h3,5-7,10,12,14,16H,4,8-9,11,13H2,1-2H3/t16-/m1/s1. The summed E-state index contributed by atoms with van der Waals surface area (Å²) >= 11 is 0. The maximum atomic E-state index is 12.8. The largest absolute Gasteiger partial charge is 0.338 e. The Kier molecular flexibility index (Phi) is 4.46. The van der Waals surface area contributed by atoms with E-state index >= 15 is 0 Å². The molecule has 0 radical (unpaired) electrons. The van der Waals surface area contributed by atoms with Crippen LogP contribution in [0.25, 0.3) is 0 Å². The second-order valence-electron chi connectivity index (χ2n) is 7.02. The Morgan fingerprint density at radius 3 is 2.83 bits per heavy atom. The van der Waals surface area contributed by atoms with Crippen molar-refractivity contribution in [3.63, 3.8) is 0 Å². The Bertz CT molecular complexity index is 636. The molecule has 23 heavy (non-hydrogen) atoms. The zero-order valence-corrected chi connectivity index (χ0v) is 13.9. The normalized spacial score (nSPS) is 18.6. The Balaban J connectivity index is 1.62. The molecule has 0 saturated heterocycles. The maximum absolute atomic E-state index is 12.8. The number of carbonyl (C=O) groups excluding carboxylic acids is 1.